The molecular formula is C12H18O2. The molecule has 0 bridgehead atoms. The molecule has 1 aliphatic rings. The molecule has 0 aromatic carbocycles. The molecule has 0 amide bonds. The van der Waals surface area contributed by atoms with Crippen molar-refractivity contribution in [1.29, 1.82) is 0 Å². The first kappa shape index (κ1) is 9.78. The van der Waals surface area contributed by atoms with Gasteiger partial charge in [0.1, 0.15) is 11.4 Å². The van der Waals surface area contributed by atoms with Crippen molar-refractivity contribution in [3.8, 4) is 0 Å². The first-order valence-electron chi connectivity index (χ1n) is 5.41. The maximum absolute atomic E-state index is 10.6. The van der Waals surface area contributed by atoms with E-state index in [0.29, 0.717) is 5.92 Å². The van der Waals surface area contributed by atoms with Gasteiger partial charge in [0.15, 0.2) is 0 Å². The average molecular weight is 194 g/mol. The molecule has 0 radical (unpaired) electrons. The zero-order valence-corrected chi connectivity index (χ0v) is 8.86. The Morgan fingerprint density at radius 2 is 2.29 bits per heavy atom. The fourth-order valence-corrected chi connectivity index (χ4v) is 2.51. The fraction of sp³-hybridized carbons (Fsp3) is 0.667. The van der Waals surface area contributed by atoms with E-state index in [1.54, 1.807) is 6.26 Å². The van der Waals surface area contributed by atoms with Gasteiger partial charge in [-0.2, -0.15) is 0 Å². The summed E-state index contributed by atoms with van der Waals surface area (Å²) in [5, 5.41) is 10.6. The monoisotopic (exact) mass is 194 g/mol. The van der Waals surface area contributed by atoms with Crippen molar-refractivity contribution >= 4 is 0 Å². The lowest BCUT2D eigenvalue weighted by Gasteiger charge is -2.40. The molecule has 1 saturated carbocycles. The molecule has 2 rings (SSSR count). The highest BCUT2D eigenvalue weighted by molar-refractivity contribution is 5.12. The van der Waals surface area contributed by atoms with Gasteiger partial charge in [0, 0.05) is 0 Å². The van der Waals surface area contributed by atoms with Gasteiger partial charge >= 0.3 is 0 Å². The molecular weight excluding hydrogens is 176 g/mol. The van der Waals surface area contributed by atoms with Crippen LogP contribution in [0.25, 0.3) is 0 Å². The third kappa shape index (κ3) is 1.38. The topological polar surface area (TPSA) is 33.4 Å². The Hall–Kier alpha value is -0.760. The second kappa shape index (κ2) is 3.43. The Kier molecular flexibility index (Phi) is 2.40. The highest BCUT2D eigenvalue weighted by Gasteiger charge is 2.43. The predicted molar refractivity (Wildman–Crippen MR) is 54.8 cm³/mol. The number of hydrogen-bond acceptors (Lipinski definition) is 2. The standard InChI is InChI=1S/C12H18O2/c1-9-5-3-7-12(13,10(9)2)11-6-4-8-14-11/h4,6,8-10,13H,3,5,7H2,1-2H3. The van der Waals surface area contributed by atoms with Crippen molar-refractivity contribution < 1.29 is 9.52 Å². The van der Waals surface area contributed by atoms with E-state index < -0.39 is 5.60 Å². The van der Waals surface area contributed by atoms with Crippen molar-refractivity contribution in [3.05, 3.63) is 24.2 Å². The third-order valence-electron chi connectivity index (χ3n) is 3.77. The van der Waals surface area contributed by atoms with Crippen LogP contribution in [-0.4, -0.2) is 5.11 Å². The second-order valence-corrected chi connectivity index (χ2v) is 4.56. The van der Waals surface area contributed by atoms with Crippen LogP contribution in [0.2, 0.25) is 0 Å². The minimum Gasteiger partial charge on any atom is -0.466 e. The number of furan rings is 1. The molecule has 0 saturated heterocycles. The highest BCUT2D eigenvalue weighted by Crippen LogP contribution is 2.44. The van der Waals surface area contributed by atoms with Gasteiger partial charge in [0.25, 0.3) is 0 Å². The molecule has 1 aliphatic carbocycles. The van der Waals surface area contributed by atoms with Crippen molar-refractivity contribution in [2.24, 2.45) is 11.8 Å². The van der Waals surface area contributed by atoms with Gasteiger partial charge in [-0.1, -0.05) is 20.3 Å². The molecule has 3 atom stereocenters. The Bertz CT molecular complexity index is 291. The van der Waals surface area contributed by atoms with Crippen LogP contribution in [0, 0.1) is 11.8 Å². The van der Waals surface area contributed by atoms with Crippen LogP contribution in [0.5, 0.6) is 0 Å². The van der Waals surface area contributed by atoms with Crippen LogP contribution < -0.4 is 0 Å². The lowest BCUT2D eigenvalue weighted by Crippen LogP contribution is -2.40. The molecule has 0 spiro atoms. The van der Waals surface area contributed by atoms with Crippen molar-refractivity contribution in [2.45, 2.75) is 38.7 Å². The molecule has 0 aliphatic heterocycles. The van der Waals surface area contributed by atoms with Crippen LogP contribution in [0.3, 0.4) is 0 Å². The summed E-state index contributed by atoms with van der Waals surface area (Å²) < 4.78 is 5.34. The smallest absolute Gasteiger partial charge is 0.135 e. The maximum atomic E-state index is 10.6. The minimum absolute atomic E-state index is 0.280. The van der Waals surface area contributed by atoms with Gasteiger partial charge in [-0.25, -0.2) is 0 Å². The SMILES string of the molecule is CC1CCCC(O)(c2ccco2)C1C. The molecule has 14 heavy (non-hydrogen) atoms. The van der Waals surface area contributed by atoms with Gasteiger partial charge < -0.3 is 9.52 Å². The predicted octanol–water partition coefficient (Wildman–Crippen LogP) is 2.92. The van der Waals surface area contributed by atoms with E-state index in [1.165, 1.54) is 6.42 Å². The van der Waals surface area contributed by atoms with E-state index in [9.17, 15) is 5.11 Å². The maximum Gasteiger partial charge on any atom is 0.135 e. The van der Waals surface area contributed by atoms with Crippen molar-refractivity contribution in [2.75, 3.05) is 0 Å². The number of hydrogen-bond donors (Lipinski definition) is 1. The molecule has 3 unspecified atom stereocenters. The fourth-order valence-electron chi connectivity index (χ4n) is 2.51. The molecule has 1 N–H and O–H groups in total. The minimum atomic E-state index is -0.735. The first-order valence-corrected chi connectivity index (χ1v) is 5.41. The first-order chi connectivity index (χ1) is 6.64. The molecule has 78 valence electrons. The van der Waals surface area contributed by atoms with Gasteiger partial charge in [-0.15, -0.1) is 0 Å². The Morgan fingerprint density at radius 3 is 2.93 bits per heavy atom. The molecule has 1 heterocycles. The summed E-state index contributed by atoms with van der Waals surface area (Å²) in [5.74, 6) is 1.58. The van der Waals surface area contributed by atoms with Crippen LogP contribution in [0.1, 0.15) is 38.9 Å². The van der Waals surface area contributed by atoms with Gasteiger partial charge in [-0.05, 0) is 36.8 Å². The van der Waals surface area contributed by atoms with E-state index in [0.717, 1.165) is 18.6 Å². The number of rotatable bonds is 1. The summed E-state index contributed by atoms with van der Waals surface area (Å²) in [5.41, 5.74) is -0.735. The van der Waals surface area contributed by atoms with E-state index in [4.69, 9.17) is 4.42 Å². The zero-order valence-electron chi connectivity index (χ0n) is 8.86. The molecule has 1 aromatic rings. The number of aliphatic hydroxyl groups is 1. The summed E-state index contributed by atoms with van der Waals surface area (Å²) in [6.07, 6.45) is 4.76. The Labute approximate surface area is 84.9 Å². The summed E-state index contributed by atoms with van der Waals surface area (Å²) in [6, 6.07) is 3.73. The Balaban J connectivity index is 2.30. The normalized spacial score (nSPS) is 38.5. The zero-order chi connectivity index (χ0) is 10.2. The molecule has 1 fully saturated rings. The van der Waals surface area contributed by atoms with Gasteiger partial charge in [0.2, 0.25) is 0 Å². The van der Waals surface area contributed by atoms with Gasteiger partial charge in [-0.3, -0.25) is 0 Å². The highest BCUT2D eigenvalue weighted by atomic mass is 16.4. The van der Waals surface area contributed by atoms with Crippen LogP contribution in [0.4, 0.5) is 0 Å². The average Bonchev–Trinajstić information content (AvgIpc) is 2.67. The quantitative estimate of drug-likeness (QED) is 0.745. The van der Waals surface area contributed by atoms with E-state index in [1.807, 2.05) is 12.1 Å². The lowest BCUT2D eigenvalue weighted by atomic mass is 9.69. The van der Waals surface area contributed by atoms with Crippen LogP contribution >= 0.6 is 0 Å². The summed E-state index contributed by atoms with van der Waals surface area (Å²) in [4.78, 5) is 0. The largest absolute Gasteiger partial charge is 0.466 e. The molecule has 1 aromatic heterocycles. The summed E-state index contributed by atoms with van der Waals surface area (Å²) >= 11 is 0. The summed E-state index contributed by atoms with van der Waals surface area (Å²) in [6.45, 7) is 4.32. The van der Waals surface area contributed by atoms with Crippen molar-refractivity contribution in [1.82, 2.24) is 0 Å². The second-order valence-electron chi connectivity index (χ2n) is 4.56. The van der Waals surface area contributed by atoms with E-state index in [2.05, 4.69) is 13.8 Å². The molecule has 2 nitrogen and oxygen atoms in total. The van der Waals surface area contributed by atoms with Crippen molar-refractivity contribution in [3.63, 3.8) is 0 Å². The van der Waals surface area contributed by atoms with E-state index >= 15 is 0 Å². The van der Waals surface area contributed by atoms with Crippen LogP contribution in [-0.2, 0) is 5.60 Å². The summed E-state index contributed by atoms with van der Waals surface area (Å²) in [7, 11) is 0. The third-order valence-corrected chi connectivity index (χ3v) is 3.77. The lowest BCUT2D eigenvalue weighted by molar-refractivity contribution is -0.0839. The molecule has 2 heteroatoms. The Morgan fingerprint density at radius 1 is 1.50 bits per heavy atom. The van der Waals surface area contributed by atoms with Gasteiger partial charge in [0.05, 0.1) is 6.26 Å². The van der Waals surface area contributed by atoms with Crippen LogP contribution in [0.15, 0.2) is 22.8 Å². The van der Waals surface area contributed by atoms with E-state index in [-0.39, 0.29) is 5.92 Å².